The number of aliphatic hydroxyl groups excluding tert-OH is 2. The maximum atomic E-state index is 12.4. The number of hydrogen-bond acceptors (Lipinski definition) is 5. The molecule has 0 radical (unpaired) electrons. The standard InChI is InChI=1S/C50H95NO5/c1-3-5-7-9-11-13-15-17-19-22-26-30-34-38-42-48(53)47(46-52)51-49(54)43-39-35-31-27-23-20-18-21-25-29-33-37-41-45-56-50(55)44-40-36-32-28-24-16-14-12-10-8-6-4-2/h12,14,20,23,47-48,52-53H,3-11,13,15-19,21-22,24-46H2,1-2H3,(H,51,54)/b14-12-,23-20-. The Balaban J connectivity index is 3.52. The van der Waals surface area contributed by atoms with Crippen LogP contribution in [0.2, 0.25) is 0 Å². The van der Waals surface area contributed by atoms with Crippen LogP contribution in [-0.4, -0.2) is 47.4 Å². The van der Waals surface area contributed by atoms with Crippen molar-refractivity contribution < 1.29 is 24.5 Å². The monoisotopic (exact) mass is 790 g/mol. The van der Waals surface area contributed by atoms with Gasteiger partial charge in [-0.1, -0.05) is 192 Å². The summed E-state index contributed by atoms with van der Waals surface area (Å²) in [6.07, 6.45) is 52.8. The fraction of sp³-hybridized carbons (Fsp3) is 0.880. The van der Waals surface area contributed by atoms with Crippen molar-refractivity contribution in [1.82, 2.24) is 5.32 Å². The van der Waals surface area contributed by atoms with Crippen molar-refractivity contribution in [3.63, 3.8) is 0 Å². The Kier molecular flexibility index (Phi) is 44.7. The molecule has 0 saturated carbocycles. The van der Waals surface area contributed by atoms with E-state index in [0.29, 0.717) is 25.9 Å². The second-order valence-electron chi connectivity index (χ2n) is 16.8. The van der Waals surface area contributed by atoms with Gasteiger partial charge in [-0.2, -0.15) is 0 Å². The van der Waals surface area contributed by atoms with E-state index >= 15 is 0 Å². The largest absolute Gasteiger partial charge is 0.466 e. The van der Waals surface area contributed by atoms with E-state index in [2.05, 4.69) is 43.5 Å². The molecule has 1 amide bonds. The number of esters is 1. The summed E-state index contributed by atoms with van der Waals surface area (Å²) >= 11 is 0. The van der Waals surface area contributed by atoms with Crippen LogP contribution in [0.5, 0.6) is 0 Å². The lowest BCUT2D eigenvalue weighted by Gasteiger charge is -2.22. The summed E-state index contributed by atoms with van der Waals surface area (Å²) < 4.78 is 5.43. The van der Waals surface area contributed by atoms with Gasteiger partial charge in [-0.05, 0) is 77.0 Å². The Morgan fingerprint density at radius 2 is 0.839 bits per heavy atom. The first kappa shape index (κ1) is 54.3. The number of hydrogen-bond donors (Lipinski definition) is 3. The minimum Gasteiger partial charge on any atom is -0.466 e. The zero-order chi connectivity index (χ0) is 40.8. The third-order valence-corrected chi connectivity index (χ3v) is 11.2. The summed E-state index contributed by atoms with van der Waals surface area (Å²) in [4.78, 5) is 24.4. The first-order chi connectivity index (χ1) is 27.5. The van der Waals surface area contributed by atoms with Crippen LogP contribution in [0.1, 0.15) is 258 Å². The van der Waals surface area contributed by atoms with E-state index in [1.54, 1.807) is 0 Å². The highest BCUT2D eigenvalue weighted by atomic mass is 16.5. The van der Waals surface area contributed by atoms with E-state index in [0.717, 1.165) is 70.6 Å². The highest BCUT2D eigenvalue weighted by Crippen LogP contribution is 2.15. The van der Waals surface area contributed by atoms with Gasteiger partial charge in [-0.25, -0.2) is 0 Å². The number of nitrogens with one attached hydrogen (secondary N) is 1. The third kappa shape index (κ3) is 42.0. The van der Waals surface area contributed by atoms with E-state index in [1.165, 1.54) is 154 Å². The van der Waals surface area contributed by atoms with Crippen LogP contribution in [0.4, 0.5) is 0 Å². The van der Waals surface area contributed by atoms with Crippen LogP contribution in [0.25, 0.3) is 0 Å². The Bertz CT molecular complexity index is 874. The predicted octanol–water partition coefficient (Wildman–Crippen LogP) is 14.3. The summed E-state index contributed by atoms with van der Waals surface area (Å²) in [5.41, 5.74) is 0. The first-order valence-corrected chi connectivity index (χ1v) is 24.6. The number of ether oxygens (including phenoxy) is 1. The Hall–Kier alpha value is -1.66. The number of carbonyl (C=O) groups excluding carboxylic acids is 2. The van der Waals surface area contributed by atoms with Gasteiger partial charge in [0.2, 0.25) is 5.91 Å². The maximum absolute atomic E-state index is 12.4. The Labute approximate surface area is 348 Å². The minimum atomic E-state index is -0.680. The van der Waals surface area contributed by atoms with Crippen molar-refractivity contribution in [2.45, 2.75) is 270 Å². The Morgan fingerprint density at radius 1 is 0.482 bits per heavy atom. The van der Waals surface area contributed by atoms with Gasteiger partial charge >= 0.3 is 5.97 Å². The Morgan fingerprint density at radius 3 is 1.32 bits per heavy atom. The predicted molar refractivity (Wildman–Crippen MR) is 241 cm³/mol. The summed E-state index contributed by atoms with van der Waals surface area (Å²) in [5.74, 6) is -0.0887. The van der Waals surface area contributed by atoms with Crippen LogP contribution in [0.3, 0.4) is 0 Å². The molecule has 0 spiro atoms. The molecule has 330 valence electrons. The summed E-state index contributed by atoms with van der Waals surface area (Å²) in [5, 5.41) is 23.2. The molecular weight excluding hydrogens is 695 g/mol. The van der Waals surface area contributed by atoms with Gasteiger partial charge < -0.3 is 20.3 Å². The van der Waals surface area contributed by atoms with Crippen LogP contribution in [0, 0.1) is 0 Å². The summed E-state index contributed by atoms with van der Waals surface area (Å²) in [6, 6.07) is -0.561. The molecule has 0 fully saturated rings. The molecule has 6 nitrogen and oxygen atoms in total. The zero-order valence-corrected chi connectivity index (χ0v) is 37.4. The molecular formula is C50H95NO5. The summed E-state index contributed by atoms with van der Waals surface area (Å²) in [7, 11) is 0. The smallest absolute Gasteiger partial charge is 0.305 e. The van der Waals surface area contributed by atoms with Crippen LogP contribution < -0.4 is 5.32 Å². The number of aliphatic hydroxyl groups is 2. The van der Waals surface area contributed by atoms with Gasteiger partial charge in [0.05, 0.1) is 25.4 Å². The van der Waals surface area contributed by atoms with Gasteiger partial charge in [0.15, 0.2) is 0 Å². The molecule has 2 atom stereocenters. The molecule has 0 aliphatic heterocycles. The van der Waals surface area contributed by atoms with E-state index in [-0.39, 0.29) is 18.5 Å². The molecule has 2 unspecified atom stereocenters. The number of rotatable bonds is 45. The molecule has 0 rings (SSSR count). The van der Waals surface area contributed by atoms with Crippen molar-refractivity contribution in [2.24, 2.45) is 0 Å². The summed E-state index contributed by atoms with van der Waals surface area (Å²) in [6.45, 7) is 4.87. The van der Waals surface area contributed by atoms with Crippen LogP contribution >= 0.6 is 0 Å². The quantitative estimate of drug-likeness (QED) is 0.0324. The zero-order valence-electron chi connectivity index (χ0n) is 37.4. The average molecular weight is 790 g/mol. The lowest BCUT2D eigenvalue weighted by Crippen LogP contribution is -2.45. The van der Waals surface area contributed by atoms with Gasteiger partial charge in [0.1, 0.15) is 0 Å². The molecule has 0 aliphatic carbocycles. The van der Waals surface area contributed by atoms with E-state index in [4.69, 9.17) is 4.74 Å². The highest BCUT2D eigenvalue weighted by Gasteiger charge is 2.20. The maximum Gasteiger partial charge on any atom is 0.305 e. The number of unbranched alkanes of at least 4 members (excludes halogenated alkanes) is 30. The second-order valence-corrected chi connectivity index (χ2v) is 16.8. The van der Waals surface area contributed by atoms with E-state index < -0.39 is 12.1 Å². The van der Waals surface area contributed by atoms with Crippen molar-refractivity contribution in [3.8, 4) is 0 Å². The molecule has 0 aliphatic rings. The number of allylic oxidation sites excluding steroid dienone is 4. The van der Waals surface area contributed by atoms with Gasteiger partial charge in [-0.15, -0.1) is 0 Å². The first-order valence-electron chi connectivity index (χ1n) is 24.6. The molecule has 56 heavy (non-hydrogen) atoms. The van der Waals surface area contributed by atoms with E-state index in [9.17, 15) is 19.8 Å². The second kappa shape index (κ2) is 46.0. The molecule has 0 heterocycles. The molecule has 0 aromatic heterocycles. The van der Waals surface area contributed by atoms with Crippen molar-refractivity contribution >= 4 is 11.9 Å². The highest BCUT2D eigenvalue weighted by molar-refractivity contribution is 5.76. The molecule has 0 aromatic rings. The lowest BCUT2D eigenvalue weighted by atomic mass is 10.0. The number of carbonyl (C=O) groups is 2. The van der Waals surface area contributed by atoms with E-state index in [1.807, 2.05) is 0 Å². The fourth-order valence-electron chi connectivity index (χ4n) is 7.39. The van der Waals surface area contributed by atoms with Crippen molar-refractivity contribution in [1.29, 1.82) is 0 Å². The van der Waals surface area contributed by atoms with Crippen LogP contribution in [-0.2, 0) is 14.3 Å². The molecule has 6 heteroatoms. The van der Waals surface area contributed by atoms with Gasteiger partial charge in [0.25, 0.3) is 0 Å². The average Bonchev–Trinajstić information content (AvgIpc) is 3.20. The SMILES string of the molecule is CCCCC/C=C\CCCCCCCC(=O)OCCCCCCCC/C=C\CCCCCC(=O)NC(CO)C(O)CCCCCCCCCCCCCCCC. The molecule has 3 N–H and O–H groups in total. The lowest BCUT2D eigenvalue weighted by molar-refractivity contribution is -0.143. The molecule has 0 bridgehead atoms. The fourth-order valence-corrected chi connectivity index (χ4v) is 7.39. The topological polar surface area (TPSA) is 95.9 Å². The van der Waals surface area contributed by atoms with Crippen molar-refractivity contribution in [3.05, 3.63) is 24.3 Å². The third-order valence-electron chi connectivity index (χ3n) is 11.2. The molecule has 0 aromatic carbocycles. The van der Waals surface area contributed by atoms with Crippen molar-refractivity contribution in [2.75, 3.05) is 13.2 Å². The molecule has 0 saturated heterocycles. The van der Waals surface area contributed by atoms with Crippen LogP contribution in [0.15, 0.2) is 24.3 Å². The van der Waals surface area contributed by atoms with Gasteiger partial charge in [-0.3, -0.25) is 9.59 Å². The van der Waals surface area contributed by atoms with Gasteiger partial charge in [0, 0.05) is 12.8 Å². The minimum absolute atomic E-state index is 0.0230. The normalized spacial score (nSPS) is 12.9. The number of amides is 1.